The van der Waals surface area contributed by atoms with Crippen molar-refractivity contribution in [2.45, 2.75) is 32.2 Å². The number of quaternary nitrogens is 1. The normalized spacial score (nSPS) is 16.6. The van der Waals surface area contributed by atoms with Gasteiger partial charge in [-0.15, -0.1) is 0 Å². The monoisotopic (exact) mass is 531 g/mol. The molecule has 2 aromatic carbocycles. The SMILES string of the molecule is COc1ccc2c(c1)C(C)(C)C(=CC=CC=CC=Cc1sc3cc(O)ccc3[n+]1CCC[N+](C)(C)C)N2C. The van der Waals surface area contributed by atoms with Gasteiger partial charge >= 0.3 is 0 Å². The molecule has 1 N–H and O–H groups in total. The van der Waals surface area contributed by atoms with Gasteiger partial charge < -0.3 is 19.2 Å². The Morgan fingerprint density at radius 2 is 1.76 bits per heavy atom. The van der Waals surface area contributed by atoms with E-state index in [9.17, 15) is 5.11 Å². The van der Waals surface area contributed by atoms with Crippen LogP contribution in [0.5, 0.6) is 11.5 Å². The van der Waals surface area contributed by atoms with Gasteiger partial charge in [0, 0.05) is 42.1 Å². The average Bonchev–Trinajstić information content (AvgIpc) is 3.28. The number of fused-ring (bicyclic) bond motifs is 2. The van der Waals surface area contributed by atoms with Crippen molar-refractivity contribution in [3.63, 3.8) is 0 Å². The fraction of sp³-hybridized carbons (Fsp3) is 0.344. The fourth-order valence-electron chi connectivity index (χ4n) is 5.07. The number of ether oxygens (including phenoxy) is 1. The third-order valence-electron chi connectivity index (χ3n) is 7.10. The second kappa shape index (κ2) is 11.2. The molecule has 0 amide bonds. The summed E-state index contributed by atoms with van der Waals surface area (Å²) in [5.41, 5.74) is 4.83. The van der Waals surface area contributed by atoms with Crippen LogP contribution in [0.15, 0.2) is 78.6 Å². The molecule has 38 heavy (non-hydrogen) atoms. The maximum atomic E-state index is 9.96. The van der Waals surface area contributed by atoms with Gasteiger partial charge in [0.25, 0.3) is 5.01 Å². The Labute approximate surface area is 231 Å². The number of phenols is 1. The number of hydrogen-bond acceptors (Lipinski definition) is 4. The van der Waals surface area contributed by atoms with Crippen LogP contribution in [0, 0.1) is 0 Å². The molecule has 200 valence electrons. The van der Waals surface area contributed by atoms with E-state index >= 15 is 0 Å². The predicted molar refractivity (Wildman–Crippen MR) is 161 cm³/mol. The number of rotatable bonds is 9. The van der Waals surface area contributed by atoms with E-state index in [1.54, 1.807) is 24.5 Å². The molecule has 5 nitrogen and oxygen atoms in total. The van der Waals surface area contributed by atoms with E-state index in [4.69, 9.17) is 4.74 Å². The van der Waals surface area contributed by atoms with Crippen LogP contribution in [0.25, 0.3) is 16.3 Å². The maximum absolute atomic E-state index is 9.96. The van der Waals surface area contributed by atoms with Gasteiger partial charge in [-0.3, -0.25) is 0 Å². The summed E-state index contributed by atoms with van der Waals surface area (Å²) in [7, 11) is 10.5. The highest BCUT2D eigenvalue weighted by Crippen LogP contribution is 2.48. The lowest BCUT2D eigenvalue weighted by atomic mass is 9.83. The number of aromatic nitrogens is 1. The van der Waals surface area contributed by atoms with Gasteiger partial charge in [-0.05, 0) is 35.9 Å². The summed E-state index contributed by atoms with van der Waals surface area (Å²) >= 11 is 1.71. The van der Waals surface area contributed by atoms with Crippen LogP contribution in [0.4, 0.5) is 5.69 Å². The molecule has 1 aliphatic heterocycles. The molecule has 0 unspecified atom stereocenters. The molecule has 0 saturated carbocycles. The first-order valence-electron chi connectivity index (χ1n) is 13.1. The van der Waals surface area contributed by atoms with Crippen molar-refractivity contribution in [1.29, 1.82) is 0 Å². The highest BCUT2D eigenvalue weighted by molar-refractivity contribution is 7.18. The molecule has 1 aliphatic rings. The average molecular weight is 532 g/mol. The first-order chi connectivity index (χ1) is 18.0. The van der Waals surface area contributed by atoms with Gasteiger partial charge in [-0.1, -0.05) is 55.6 Å². The molecule has 0 spiro atoms. The van der Waals surface area contributed by atoms with E-state index < -0.39 is 0 Å². The lowest BCUT2D eigenvalue weighted by molar-refractivity contribution is -0.873. The van der Waals surface area contributed by atoms with E-state index in [0.717, 1.165) is 34.4 Å². The van der Waals surface area contributed by atoms with Gasteiger partial charge in [0.1, 0.15) is 16.2 Å². The molecular weight excluding hydrogens is 490 g/mol. The first kappa shape index (κ1) is 27.7. The minimum Gasteiger partial charge on any atom is -0.508 e. The van der Waals surface area contributed by atoms with Crippen LogP contribution in [0.1, 0.15) is 30.8 Å². The molecule has 0 saturated heterocycles. The Morgan fingerprint density at radius 1 is 1.03 bits per heavy atom. The molecule has 0 radical (unpaired) electrons. The molecule has 0 fully saturated rings. The summed E-state index contributed by atoms with van der Waals surface area (Å²) in [5.74, 6) is 1.20. The number of anilines is 1. The van der Waals surface area contributed by atoms with Crippen molar-refractivity contribution in [2.75, 3.05) is 46.7 Å². The Kier molecular flexibility index (Phi) is 8.14. The molecule has 4 rings (SSSR count). The third-order valence-corrected chi connectivity index (χ3v) is 8.22. The second-order valence-corrected chi connectivity index (χ2v) is 12.4. The fourth-order valence-corrected chi connectivity index (χ4v) is 6.21. The Hall–Kier alpha value is -3.35. The van der Waals surface area contributed by atoms with Gasteiger partial charge in [0.15, 0.2) is 6.54 Å². The lowest BCUT2D eigenvalue weighted by Crippen LogP contribution is -2.40. The summed E-state index contributed by atoms with van der Waals surface area (Å²) in [6.45, 7) is 6.58. The minimum absolute atomic E-state index is 0.0956. The van der Waals surface area contributed by atoms with E-state index in [1.807, 2.05) is 18.2 Å². The molecular formula is C32H41N3O2S+2. The molecule has 0 atom stereocenters. The van der Waals surface area contributed by atoms with Crippen molar-refractivity contribution in [2.24, 2.45) is 0 Å². The number of aromatic hydroxyl groups is 1. The highest BCUT2D eigenvalue weighted by atomic mass is 32.1. The van der Waals surface area contributed by atoms with E-state index in [-0.39, 0.29) is 5.41 Å². The summed E-state index contributed by atoms with van der Waals surface area (Å²) in [5, 5.41) is 11.1. The zero-order valence-corrected chi connectivity index (χ0v) is 24.5. The van der Waals surface area contributed by atoms with Crippen molar-refractivity contribution < 1.29 is 18.9 Å². The highest BCUT2D eigenvalue weighted by Gasteiger charge is 2.38. The molecule has 6 heteroatoms. The molecule has 3 aromatic rings. The quantitative estimate of drug-likeness (QED) is 0.196. The Morgan fingerprint density at radius 3 is 2.50 bits per heavy atom. The number of benzene rings is 2. The van der Waals surface area contributed by atoms with Crippen LogP contribution in [-0.4, -0.2) is 51.4 Å². The molecule has 0 bridgehead atoms. The zero-order valence-electron chi connectivity index (χ0n) is 23.7. The Bertz CT molecular complexity index is 1420. The second-order valence-electron chi connectivity index (χ2n) is 11.4. The van der Waals surface area contributed by atoms with Crippen molar-refractivity contribution in [3.8, 4) is 11.5 Å². The number of thiazole rings is 1. The number of aryl methyl sites for hydroxylation is 1. The van der Waals surface area contributed by atoms with Crippen molar-refractivity contribution in [3.05, 3.63) is 89.1 Å². The van der Waals surface area contributed by atoms with Gasteiger partial charge in [0.05, 0.1) is 41.2 Å². The number of likely N-dealkylation sites (N-methyl/N-ethyl adjacent to an activating group) is 1. The summed E-state index contributed by atoms with van der Waals surface area (Å²) in [6.07, 6.45) is 15.8. The van der Waals surface area contributed by atoms with Crippen molar-refractivity contribution in [1.82, 2.24) is 0 Å². The number of allylic oxidation sites excluding steroid dienone is 7. The zero-order chi connectivity index (χ0) is 27.5. The largest absolute Gasteiger partial charge is 0.508 e. The smallest absolute Gasteiger partial charge is 0.262 e. The summed E-state index contributed by atoms with van der Waals surface area (Å²) in [6, 6.07) is 11.9. The lowest BCUT2D eigenvalue weighted by Gasteiger charge is -2.23. The van der Waals surface area contributed by atoms with Crippen LogP contribution >= 0.6 is 11.3 Å². The van der Waals surface area contributed by atoms with E-state index in [2.05, 4.69) is 106 Å². The van der Waals surface area contributed by atoms with Gasteiger partial charge in [0.2, 0.25) is 5.52 Å². The first-order valence-corrected chi connectivity index (χ1v) is 13.9. The predicted octanol–water partition coefficient (Wildman–Crippen LogP) is 6.44. The molecule has 1 aromatic heterocycles. The summed E-state index contributed by atoms with van der Waals surface area (Å²) < 4.78 is 9.87. The van der Waals surface area contributed by atoms with E-state index in [1.165, 1.54) is 27.5 Å². The maximum Gasteiger partial charge on any atom is 0.262 e. The minimum atomic E-state index is -0.0956. The topological polar surface area (TPSA) is 36.6 Å². The summed E-state index contributed by atoms with van der Waals surface area (Å²) in [4.78, 5) is 2.26. The van der Waals surface area contributed by atoms with Gasteiger partial charge in [-0.2, -0.15) is 4.57 Å². The van der Waals surface area contributed by atoms with E-state index in [0.29, 0.717) is 5.75 Å². The number of nitrogens with zero attached hydrogens (tertiary/aromatic N) is 3. The van der Waals surface area contributed by atoms with Gasteiger partial charge in [-0.25, -0.2) is 0 Å². The van der Waals surface area contributed by atoms with Crippen LogP contribution in [0.3, 0.4) is 0 Å². The Balaban J connectivity index is 1.47. The molecule has 2 heterocycles. The number of phenolic OH excluding ortho intramolecular Hbond substituents is 1. The number of hydrogen-bond donors (Lipinski definition) is 1. The van der Waals surface area contributed by atoms with Crippen LogP contribution in [0.2, 0.25) is 0 Å². The van der Waals surface area contributed by atoms with Crippen LogP contribution in [-0.2, 0) is 12.0 Å². The number of methoxy groups -OCH3 is 1. The van der Waals surface area contributed by atoms with Crippen molar-refractivity contribution >= 4 is 33.3 Å². The molecule has 0 aliphatic carbocycles. The third kappa shape index (κ3) is 6.03. The standard InChI is InChI=1S/C32H40N3O2S/c1-32(2)26-23-25(37-7)17-19-27(26)33(3)30(32)14-11-9-8-10-12-15-31-34(20-13-21-35(4,5)6)28-18-16-24(36)22-29(28)38-31/h8-12,14-19,22-23H,13,20-21H2,1-7H3/q+1/p+1. The van der Waals surface area contributed by atoms with Crippen LogP contribution < -0.4 is 14.2 Å².